The van der Waals surface area contributed by atoms with Crippen LogP contribution in [0, 0.1) is 0 Å². The normalized spacial score (nSPS) is 22.2. The molecule has 2 aliphatic rings. The van der Waals surface area contributed by atoms with Gasteiger partial charge in [0.1, 0.15) is 0 Å². The van der Waals surface area contributed by atoms with E-state index in [1.807, 2.05) is 36.4 Å². The van der Waals surface area contributed by atoms with Crippen LogP contribution in [0.3, 0.4) is 0 Å². The third kappa shape index (κ3) is 3.55. The van der Waals surface area contributed by atoms with Gasteiger partial charge in [-0.15, -0.1) is 12.4 Å². The number of fused-ring (bicyclic) bond motifs is 2. The molecule has 3 nitrogen and oxygen atoms in total. The number of hydrogen-bond acceptors (Lipinski definition) is 2. The predicted molar refractivity (Wildman–Crippen MR) is 105 cm³/mol. The highest BCUT2D eigenvalue weighted by Gasteiger charge is 2.38. The van der Waals surface area contributed by atoms with Crippen LogP contribution in [0.5, 0.6) is 0 Å². The van der Waals surface area contributed by atoms with Crippen molar-refractivity contribution in [3.05, 3.63) is 59.1 Å². The van der Waals surface area contributed by atoms with Crippen molar-refractivity contribution in [2.75, 3.05) is 13.1 Å². The summed E-state index contributed by atoms with van der Waals surface area (Å²) in [5.74, 6) is 0.0778. The number of halogens is 2. The van der Waals surface area contributed by atoms with Crippen molar-refractivity contribution >= 4 is 29.9 Å². The molecule has 2 saturated heterocycles. The quantitative estimate of drug-likeness (QED) is 0.842. The Kier molecular flexibility index (Phi) is 5.67. The average Bonchev–Trinajstić information content (AvgIpc) is 2.88. The van der Waals surface area contributed by atoms with Gasteiger partial charge in [-0.3, -0.25) is 4.79 Å². The molecule has 2 aromatic carbocycles. The van der Waals surface area contributed by atoms with Gasteiger partial charge in [0.2, 0.25) is 0 Å². The highest BCUT2D eigenvalue weighted by atomic mass is 35.5. The highest BCUT2D eigenvalue weighted by Crippen LogP contribution is 2.32. The summed E-state index contributed by atoms with van der Waals surface area (Å²) in [5, 5.41) is 3.98. The van der Waals surface area contributed by atoms with Crippen LogP contribution in [0.2, 0.25) is 5.02 Å². The minimum atomic E-state index is 0. The minimum absolute atomic E-state index is 0. The Morgan fingerprint density at radius 2 is 1.76 bits per heavy atom. The van der Waals surface area contributed by atoms with Crippen LogP contribution >= 0.6 is 24.0 Å². The molecule has 2 atom stereocenters. The second-order valence-electron chi connectivity index (χ2n) is 6.65. The van der Waals surface area contributed by atoms with Crippen molar-refractivity contribution in [3.8, 4) is 11.1 Å². The summed E-state index contributed by atoms with van der Waals surface area (Å²) in [4.78, 5) is 15.3. The first-order valence-electron chi connectivity index (χ1n) is 8.62. The number of hydrogen-bond donors (Lipinski definition) is 1. The molecule has 2 fully saturated rings. The Morgan fingerprint density at radius 1 is 1.00 bits per heavy atom. The topological polar surface area (TPSA) is 32.3 Å². The molecule has 0 radical (unpaired) electrons. The molecule has 132 valence electrons. The van der Waals surface area contributed by atoms with Gasteiger partial charge in [-0.2, -0.15) is 0 Å². The number of benzene rings is 2. The smallest absolute Gasteiger partial charge is 0.255 e. The molecule has 2 heterocycles. The van der Waals surface area contributed by atoms with Gasteiger partial charge in [0, 0.05) is 18.6 Å². The number of nitrogens with zero attached hydrogens (tertiary/aromatic N) is 1. The van der Waals surface area contributed by atoms with Crippen molar-refractivity contribution in [3.63, 3.8) is 0 Å². The van der Waals surface area contributed by atoms with Gasteiger partial charge in [0.15, 0.2) is 0 Å². The Morgan fingerprint density at radius 3 is 2.56 bits per heavy atom. The first-order chi connectivity index (χ1) is 11.7. The molecule has 0 aromatic heterocycles. The monoisotopic (exact) mass is 376 g/mol. The second-order valence-corrected chi connectivity index (χ2v) is 7.06. The van der Waals surface area contributed by atoms with E-state index in [1.54, 1.807) is 0 Å². The van der Waals surface area contributed by atoms with Gasteiger partial charge in [-0.05, 0) is 49.1 Å². The molecule has 0 spiro atoms. The van der Waals surface area contributed by atoms with E-state index in [9.17, 15) is 4.79 Å². The summed E-state index contributed by atoms with van der Waals surface area (Å²) in [6, 6.07) is 16.5. The average molecular weight is 377 g/mol. The predicted octanol–water partition coefficient (Wildman–Crippen LogP) is 4.40. The second kappa shape index (κ2) is 7.77. The molecule has 0 aliphatic carbocycles. The maximum Gasteiger partial charge on any atom is 0.255 e. The van der Waals surface area contributed by atoms with E-state index in [-0.39, 0.29) is 18.3 Å². The lowest BCUT2D eigenvalue weighted by Gasteiger charge is -2.28. The largest absolute Gasteiger partial charge is 0.331 e. The van der Waals surface area contributed by atoms with Gasteiger partial charge in [0.25, 0.3) is 5.91 Å². The fourth-order valence-electron chi connectivity index (χ4n) is 3.95. The van der Waals surface area contributed by atoms with E-state index >= 15 is 0 Å². The van der Waals surface area contributed by atoms with Crippen molar-refractivity contribution in [1.82, 2.24) is 10.2 Å². The van der Waals surface area contributed by atoms with Crippen molar-refractivity contribution in [1.29, 1.82) is 0 Å². The summed E-state index contributed by atoms with van der Waals surface area (Å²) in [5.41, 5.74) is 2.75. The summed E-state index contributed by atoms with van der Waals surface area (Å²) in [6.07, 6.45) is 3.21. The fourth-order valence-corrected chi connectivity index (χ4v) is 4.15. The Hall–Kier alpha value is -1.55. The van der Waals surface area contributed by atoms with Crippen LogP contribution in [-0.2, 0) is 0 Å². The molecule has 1 amide bonds. The Bertz CT molecular complexity index is 737. The highest BCUT2D eigenvalue weighted by molar-refractivity contribution is 6.34. The molecule has 1 N–H and O–H groups in total. The maximum absolute atomic E-state index is 13.2. The summed E-state index contributed by atoms with van der Waals surface area (Å²) >= 11 is 6.39. The van der Waals surface area contributed by atoms with Gasteiger partial charge in [-0.1, -0.05) is 48.0 Å². The van der Waals surface area contributed by atoms with E-state index in [4.69, 9.17) is 11.6 Å². The lowest BCUT2D eigenvalue weighted by molar-refractivity contribution is 0.0680. The third-order valence-electron chi connectivity index (χ3n) is 5.19. The van der Waals surface area contributed by atoms with Gasteiger partial charge in [0.05, 0.1) is 10.6 Å². The zero-order chi connectivity index (χ0) is 16.5. The Balaban J connectivity index is 0.00000182. The number of amides is 1. The number of nitrogens with one attached hydrogen (secondary N) is 1. The number of rotatable bonds is 2. The Labute approximate surface area is 159 Å². The van der Waals surface area contributed by atoms with E-state index in [0.29, 0.717) is 22.7 Å². The molecule has 2 aliphatic heterocycles. The van der Waals surface area contributed by atoms with Gasteiger partial charge >= 0.3 is 0 Å². The summed E-state index contributed by atoms with van der Waals surface area (Å²) in [7, 11) is 0. The van der Waals surface area contributed by atoms with Crippen LogP contribution < -0.4 is 5.32 Å². The molecule has 2 bridgehead atoms. The lowest BCUT2D eigenvalue weighted by atomic mass is 10.0. The molecule has 25 heavy (non-hydrogen) atoms. The third-order valence-corrected chi connectivity index (χ3v) is 5.52. The lowest BCUT2D eigenvalue weighted by Crippen LogP contribution is -2.42. The SMILES string of the molecule is Cl.O=C(c1cc(-c2ccccc2)ccc1Cl)N1C2CCNCC1CC2. The van der Waals surface area contributed by atoms with E-state index in [0.717, 1.165) is 43.5 Å². The summed E-state index contributed by atoms with van der Waals surface area (Å²) in [6.45, 7) is 1.88. The van der Waals surface area contributed by atoms with Crippen LogP contribution in [0.15, 0.2) is 48.5 Å². The standard InChI is InChI=1S/C20H21ClN2O.ClH/c21-19-9-6-15(14-4-2-1-3-5-14)12-18(19)20(24)23-16-7-8-17(23)13-22-11-10-16;/h1-6,9,12,16-17,22H,7-8,10-11,13H2;1H. The zero-order valence-corrected chi connectivity index (χ0v) is 15.5. The minimum Gasteiger partial charge on any atom is -0.331 e. The summed E-state index contributed by atoms with van der Waals surface area (Å²) < 4.78 is 0. The fraction of sp³-hybridized carbons (Fsp3) is 0.350. The van der Waals surface area contributed by atoms with Crippen LogP contribution in [0.4, 0.5) is 0 Å². The van der Waals surface area contributed by atoms with Crippen LogP contribution in [-0.4, -0.2) is 36.0 Å². The first-order valence-corrected chi connectivity index (χ1v) is 9.00. The molecule has 4 rings (SSSR count). The first kappa shape index (κ1) is 18.2. The zero-order valence-electron chi connectivity index (χ0n) is 14.0. The van der Waals surface area contributed by atoms with Crippen molar-refractivity contribution in [2.24, 2.45) is 0 Å². The molecule has 0 saturated carbocycles. The van der Waals surface area contributed by atoms with Crippen LogP contribution in [0.1, 0.15) is 29.6 Å². The molecule has 2 unspecified atom stereocenters. The van der Waals surface area contributed by atoms with E-state index in [2.05, 4.69) is 22.3 Å². The van der Waals surface area contributed by atoms with E-state index < -0.39 is 0 Å². The van der Waals surface area contributed by atoms with E-state index in [1.165, 1.54) is 0 Å². The van der Waals surface area contributed by atoms with Crippen molar-refractivity contribution in [2.45, 2.75) is 31.3 Å². The molecular formula is C20H22Cl2N2O. The number of carbonyl (C=O) groups excluding carboxylic acids is 1. The van der Waals surface area contributed by atoms with Crippen molar-refractivity contribution < 1.29 is 4.79 Å². The van der Waals surface area contributed by atoms with Gasteiger partial charge in [-0.25, -0.2) is 0 Å². The molecule has 2 aromatic rings. The molecule has 5 heteroatoms. The van der Waals surface area contributed by atoms with Crippen LogP contribution in [0.25, 0.3) is 11.1 Å². The molecular weight excluding hydrogens is 355 g/mol. The van der Waals surface area contributed by atoms with Gasteiger partial charge < -0.3 is 10.2 Å². The maximum atomic E-state index is 13.2. The number of carbonyl (C=O) groups is 1.